The lowest BCUT2D eigenvalue weighted by molar-refractivity contribution is -0.120. The summed E-state index contributed by atoms with van der Waals surface area (Å²) in [5, 5.41) is 4.78. The predicted octanol–water partition coefficient (Wildman–Crippen LogP) is 6.23. The maximum atomic E-state index is 12.3. The molecule has 0 saturated carbocycles. The van der Waals surface area contributed by atoms with Crippen LogP contribution in [0.4, 0.5) is 0 Å². The van der Waals surface area contributed by atoms with E-state index in [4.69, 9.17) is 21.1 Å². The number of hydrogen-bond acceptors (Lipinski definition) is 4. The topological polar surface area (TPSA) is 59.9 Å². The Morgan fingerprint density at radius 2 is 1.88 bits per heavy atom. The van der Waals surface area contributed by atoms with E-state index < -0.39 is 0 Å². The maximum Gasteiger partial charge on any atom is 0.244 e. The van der Waals surface area contributed by atoms with Crippen molar-refractivity contribution in [2.45, 2.75) is 33.8 Å². The Morgan fingerprint density at radius 3 is 2.61 bits per heavy atom. The fourth-order valence-corrected chi connectivity index (χ4v) is 4.24. The van der Waals surface area contributed by atoms with Gasteiger partial charge in [0.25, 0.3) is 0 Å². The molecule has 0 aromatic heterocycles. The molecule has 5 nitrogen and oxygen atoms in total. The number of hydrazone groups is 1. The van der Waals surface area contributed by atoms with Crippen LogP contribution in [0.25, 0.3) is 0 Å². The van der Waals surface area contributed by atoms with Crippen LogP contribution in [0.3, 0.4) is 0 Å². The van der Waals surface area contributed by atoms with Crippen LogP contribution in [0.15, 0.2) is 59.7 Å². The van der Waals surface area contributed by atoms with E-state index in [0.29, 0.717) is 29.7 Å². The Labute approximate surface area is 213 Å². The van der Waals surface area contributed by atoms with Crippen molar-refractivity contribution < 1.29 is 14.3 Å². The van der Waals surface area contributed by atoms with Gasteiger partial charge in [0.1, 0.15) is 6.61 Å². The summed E-state index contributed by atoms with van der Waals surface area (Å²) >= 11 is 8.44. The lowest BCUT2D eigenvalue weighted by Gasteiger charge is -2.15. The molecule has 3 aromatic carbocycles. The quantitative estimate of drug-likeness (QED) is 0.187. The van der Waals surface area contributed by atoms with Crippen molar-refractivity contribution in [3.8, 4) is 11.5 Å². The van der Waals surface area contributed by atoms with E-state index in [9.17, 15) is 4.79 Å². The van der Waals surface area contributed by atoms with E-state index in [0.717, 1.165) is 25.8 Å². The van der Waals surface area contributed by atoms with Gasteiger partial charge in [-0.1, -0.05) is 53.6 Å². The summed E-state index contributed by atoms with van der Waals surface area (Å²) in [7, 11) is 0. The maximum absolute atomic E-state index is 12.3. The number of carbonyl (C=O) groups is 1. The highest BCUT2D eigenvalue weighted by molar-refractivity contribution is 14.1. The van der Waals surface area contributed by atoms with E-state index in [2.05, 4.69) is 39.2 Å². The van der Waals surface area contributed by atoms with Crippen molar-refractivity contribution in [3.63, 3.8) is 0 Å². The van der Waals surface area contributed by atoms with Gasteiger partial charge in [-0.05, 0) is 78.3 Å². The summed E-state index contributed by atoms with van der Waals surface area (Å²) in [5.74, 6) is 1.09. The average molecular weight is 577 g/mol. The molecule has 0 unspecified atom stereocenters. The molecule has 0 aliphatic heterocycles. The molecule has 172 valence electrons. The highest BCUT2D eigenvalue weighted by Crippen LogP contribution is 2.35. The first-order chi connectivity index (χ1) is 15.9. The van der Waals surface area contributed by atoms with Gasteiger partial charge in [-0.2, -0.15) is 5.10 Å². The summed E-state index contributed by atoms with van der Waals surface area (Å²) in [6.07, 6.45) is 1.88. The van der Waals surface area contributed by atoms with Crippen LogP contribution in [-0.4, -0.2) is 18.7 Å². The number of nitrogens with one attached hydrogen (secondary N) is 1. The highest BCUT2D eigenvalue weighted by atomic mass is 127. The lowest BCUT2D eigenvalue weighted by atomic mass is 10.0. The van der Waals surface area contributed by atoms with E-state index in [1.54, 1.807) is 6.21 Å². The number of aryl methyl sites for hydroxylation is 2. The predicted molar refractivity (Wildman–Crippen MR) is 141 cm³/mol. The molecule has 0 aliphatic rings. The average Bonchev–Trinajstić information content (AvgIpc) is 2.76. The fraction of sp³-hybridized carbons (Fsp3) is 0.231. The molecule has 1 amide bonds. The number of rotatable bonds is 9. The van der Waals surface area contributed by atoms with E-state index >= 15 is 0 Å². The number of hydrogen-bond donors (Lipinski definition) is 1. The minimum atomic E-state index is -0.169. The third kappa shape index (κ3) is 7.20. The first-order valence-corrected chi connectivity index (χ1v) is 12.0. The molecule has 0 aliphatic carbocycles. The second kappa shape index (κ2) is 12.0. The largest absolute Gasteiger partial charge is 0.490 e. The standard InChI is InChI=1S/C26H26ClIN2O3/c1-4-32-24-13-19(12-23(28)26(24)33-16-21-7-5-6-8-22(21)27)15-29-30-25(31)14-20-10-9-17(2)11-18(20)3/h5-13,15H,4,14,16H2,1-3H3,(H,30,31)/b29-15+. The van der Waals surface area contributed by atoms with Gasteiger partial charge in [-0.3, -0.25) is 4.79 Å². The third-order valence-electron chi connectivity index (χ3n) is 4.91. The van der Waals surface area contributed by atoms with Crippen LogP contribution in [0.5, 0.6) is 11.5 Å². The second-order valence-electron chi connectivity index (χ2n) is 7.54. The van der Waals surface area contributed by atoms with Gasteiger partial charge in [-0.25, -0.2) is 5.43 Å². The van der Waals surface area contributed by atoms with Gasteiger partial charge in [0.15, 0.2) is 11.5 Å². The van der Waals surface area contributed by atoms with Gasteiger partial charge in [-0.15, -0.1) is 0 Å². The first-order valence-electron chi connectivity index (χ1n) is 10.6. The zero-order valence-electron chi connectivity index (χ0n) is 18.8. The van der Waals surface area contributed by atoms with Gasteiger partial charge in [0, 0.05) is 10.6 Å². The summed E-state index contributed by atoms with van der Waals surface area (Å²) in [4.78, 5) is 12.3. The lowest BCUT2D eigenvalue weighted by Crippen LogP contribution is -2.20. The van der Waals surface area contributed by atoms with Crippen LogP contribution >= 0.6 is 34.2 Å². The molecule has 0 heterocycles. The van der Waals surface area contributed by atoms with Gasteiger partial charge in [0.2, 0.25) is 5.91 Å². The van der Waals surface area contributed by atoms with Crippen molar-refractivity contribution in [2.75, 3.05) is 6.61 Å². The zero-order valence-corrected chi connectivity index (χ0v) is 21.7. The fourth-order valence-electron chi connectivity index (χ4n) is 3.27. The van der Waals surface area contributed by atoms with Crippen LogP contribution in [0.2, 0.25) is 5.02 Å². The molecule has 0 fully saturated rings. The van der Waals surface area contributed by atoms with Crippen molar-refractivity contribution in [2.24, 2.45) is 5.10 Å². The first kappa shape index (κ1) is 25.1. The van der Waals surface area contributed by atoms with Crippen molar-refractivity contribution in [1.29, 1.82) is 0 Å². The Balaban J connectivity index is 1.68. The van der Waals surface area contributed by atoms with Gasteiger partial charge in [0.05, 0.1) is 22.8 Å². The van der Waals surface area contributed by atoms with Gasteiger partial charge >= 0.3 is 0 Å². The number of nitrogens with zero attached hydrogens (tertiary/aromatic N) is 1. The number of benzene rings is 3. The Hall–Kier alpha value is -2.58. The highest BCUT2D eigenvalue weighted by Gasteiger charge is 2.13. The summed E-state index contributed by atoms with van der Waals surface area (Å²) in [5.41, 5.74) is 7.55. The molecule has 0 atom stereocenters. The van der Waals surface area contributed by atoms with Crippen LogP contribution in [-0.2, 0) is 17.8 Å². The molecule has 0 bridgehead atoms. The Bertz CT molecular complexity index is 1160. The summed E-state index contributed by atoms with van der Waals surface area (Å²) < 4.78 is 12.7. The molecule has 3 rings (SSSR count). The molecule has 3 aromatic rings. The van der Waals surface area contributed by atoms with Crippen LogP contribution < -0.4 is 14.9 Å². The monoisotopic (exact) mass is 576 g/mol. The molecule has 1 N–H and O–H groups in total. The third-order valence-corrected chi connectivity index (χ3v) is 6.08. The van der Waals surface area contributed by atoms with Crippen LogP contribution in [0.1, 0.15) is 34.7 Å². The minimum Gasteiger partial charge on any atom is -0.490 e. The molecule has 7 heteroatoms. The van der Waals surface area contributed by atoms with Crippen molar-refractivity contribution in [1.82, 2.24) is 5.43 Å². The van der Waals surface area contributed by atoms with Crippen molar-refractivity contribution in [3.05, 3.63) is 91.0 Å². The molecular formula is C26H26ClIN2O3. The number of carbonyl (C=O) groups excluding carboxylic acids is 1. The smallest absolute Gasteiger partial charge is 0.244 e. The number of amides is 1. The van der Waals surface area contributed by atoms with Crippen molar-refractivity contribution >= 4 is 46.3 Å². The Morgan fingerprint density at radius 1 is 1.09 bits per heavy atom. The van der Waals surface area contributed by atoms with E-state index in [1.807, 2.05) is 69.3 Å². The zero-order chi connectivity index (χ0) is 23.8. The molecule has 0 spiro atoms. The van der Waals surface area contributed by atoms with Gasteiger partial charge < -0.3 is 9.47 Å². The summed E-state index contributed by atoms with van der Waals surface area (Å²) in [6, 6.07) is 17.4. The molecule has 33 heavy (non-hydrogen) atoms. The van der Waals surface area contributed by atoms with E-state index in [-0.39, 0.29) is 12.3 Å². The van der Waals surface area contributed by atoms with E-state index in [1.165, 1.54) is 5.56 Å². The molecule has 0 saturated heterocycles. The SMILES string of the molecule is CCOc1cc(/C=N/NC(=O)Cc2ccc(C)cc2C)cc(I)c1OCc1ccccc1Cl. The molecule has 0 radical (unpaired) electrons. The van der Waals surface area contributed by atoms with Crippen LogP contribution in [0, 0.1) is 17.4 Å². The number of halogens is 2. The second-order valence-corrected chi connectivity index (χ2v) is 9.11. The Kier molecular flexibility index (Phi) is 9.14. The minimum absolute atomic E-state index is 0.169. The normalized spacial score (nSPS) is 10.9. The summed E-state index contributed by atoms with van der Waals surface area (Å²) in [6.45, 7) is 6.78. The number of ether oxygens (including phenoxy) is 2. The molecular weight excluding hydrogens is 551 g/mol.